The average molecular weight is 225 g/mol. The van der Waals surface area contributed by atoms with Gasteiger partial charge in [0.15, 0.2) is 0 Å². The molecule has 0 bridgehead atoms. The van der Waals surface area contributed by atoms with Crippen LogP contribution < -0.4 is 0 Å². The quantitative estimate of drug-likeness (QED) is 0.673. The first-order chi connectivity index (χ1) is 5.70. The van der Waals surface area contributed by atoms with E-state index in [1.165, 1.54) is 10.9 Å². The summed E-state index contributed by atoms with van der Waals surface area (Å²) in [4.78, 5) is 0. The second-order valence-corrected chi connectivity index (χ2v) is 3.64. The molecule has 0 amide bonds. The normalized spacial score (nSPS) is 10.9. The van der Waals surface area contributed by atoms with Gasteiger partial charge in [-0.05, 0) is 28.4 Å². The summed E-state index contributed by atoms with van der Waals surface area (Å²) in [5.41, 5.74) is 2.29. The lowest BCUT2D eigenvalue weighted by Gasteiger charge is -1.91. The predicted molar refractivity (Wildman–Crippen MR) is 53.2 cm³/mol. The van der Waals surface area contributed by atoms with E-state index in [0.717, 1.165) is 10.1 Å². The van der Waals surface area contributed by atoms with Gasteiger partial charge in [-0.3, -0.25) is 4.68 Å². The van der Waals surface area contributed by atoms with Gasteiger partial charge >= 0.3 is 0 Å². The Morgan fingerprint density at radius 1 is 1.42 bits per heavy atom. The summed E-state index contributed by atoms with van der Waals surface area (Å²) >= 11 is 3.49. The first kappa shape index (κ1) is 7.80. The Morgan fingerprint density at radius 3 is 2.83 bits per heavy atom. The molecule has 2 rings (SSSR count). The maximum absolute atomic E-state index is 4.38. The molecule has 3 heteroatoms. The van der Waals surface area contributed by atoms with Crippen LogP contribution in [-0.2, 0) is 7.05 Å². The van der Waals surface area contributed by atoms with Crippen molar-refractivity contribution in [3.05, 3.63) is 28.4 Å². The van der Waals surface area contributed by atoms with Crippen molar-refractivity contribution in [2.24, 2.45) is 7.05 Å². The van der Waals surface area contributed by atoms with E-state index in [1.807, 2.05) is 17.8 Å². The number of halogens is 1. The molecule has 1 aromatic heterocycles. The van der Waals surface area contributed by atoms with Crippen LogP contribution in [0.2, 0.25) is 0 Å². The fourth-order valence-electron chi connectivity index (χ4n) is 1.33. The Labute approximate surface area is 79.3 Å². The lowest BCUT2D eigenvalue weighted by molar-refractivity contribution is 0.760. The smallest absolute Gasteiger partial charge is 0.111 e. The fourth-order valence-corrected chi connectivity index (χ4v) is 1.73. The molecule has 0 radical (unpaired) electrons. The third kappa shape index (κ3) is 0.966. The standard InChI is InChI=1S/C9H9BrN2/c1-6-4-3-5-7-8(6)11-12(2)9(7)10/h3-5H,1-2H3. The summed E-state index contributed by atoms with van der Waals surface area (Å²) in [7, 11) is 1.93. The van der Waals surface area contributed by atoms with Gasteiger partial charge in [0, 0.05) is 12.4 Å². The molecule has 0 aliphatic carbocycles. The molecule has 2 nitrogen and oxygen atoms in total. The van der Waals surface area contributed by atoms with Crippen LogP contribution in [-0.4, -0.2) is 9.78 Å². The number of fused-ring (bicyclic) bond motifs is 1. The number of aromatic nitrogens is 2. The number of aryl methyl sites for hydroxylation is 2. The van der Waals surface area contributed by atoms with Gasteiger partial charge in [0.25, 0.3) is 0 Å². The van der Waals surface area contributed by atoms with E-state index >= 15 is 0 Å². The highest BCUT2D eigenvalue weighted by Crippen LogP contribution is 2.24. The van der Waals surface area contributed by atoms with Crippen molar-refractivity contribution in [3.8, 4) is 0 Å². The Bertz CT molecular complexity index is 431. The van der Waals surface area contributed by atoms with Gasteiger partial charge in [0.05, 0.1) is 5.52 Å². The minimum atomic E-state index is 1.04. The highest BCUT2D eigenvalue weighted by molar-refractivity contribution is 9.10. The molecule has 0 saturated carbocycles. The summed E-state index contributed by atoms with van der Waals surface area (Å²) in [6.45, 7) is 2.07. The number of hydrogen-bond donors (Lipinski definition) is 0. The lowest BCUT2D eigenvalue weighted by Crippen LogP contribution is -1.88. The highest BCUT2D eigenvalue weighted by atomic mass is 79.9. The molecule has 0 atom stereocenters. The summed E-state index contributed by atoms with van der Waals surface area (Å²) in [5.74, 6) is 0. The number of hydrogen-bond acceptors (Lipinski definition) is 1. The summed E-state index contributed by atoms with van der Waals surface area (Å²) < 4.78 is 2.89. The molecule has 0 N–H and O–H groups in total. The van der Waals surface area contributed by atoms with Gasteiger partial charge in [-0.15, -0.1) is 0 Å². The van der Waals surface area contributed by atoms with Crippen molar-refractivity contribution in [3.63, 3.8) is 0 Å². The van der Waals surface area contributed by atoms with E-state index < -0.39 is 0 Å². The van der Waals surface area contributed by atoms with Gasteiger partial charge in [-0.25, -0.2) is 0 Å². The maximum Gasteiger partial charge on any atom is 0.111 e. The Kier molecular flexibility index (Phi) is 1.68. The minimum absolute atomic E-state index is 1.04. The highest BCUT2D eigenvalue weighted by Gasteiger charge is 2.06. The molecule has 0 aliphatic heterocycles. The molecule has 2 aromatic rings. The molecule has 1 heterocycles. The van der Waals surface area contributed by atoms with Gasteiger partial charge in [0.2, 0.25) is 0 Å². The van der Waals surface area contributed by atoms with Crippen molar-refractivity contribution in [2.75, 3.05) is 0 Å². The number of benzene rings is 1. The van der Waals surface area contributed by atoms with E-state index in [-0.39, 0.29) is 0 Å². The molecule has 0 saturated heterocycles. The lowest BCUT2D eigenvalue weighted by atomic mass is 10.2. The molecule has 62 valence electrons. The first-order valence-electron chi connectivity index (χ1n) is 3.78. The fraction of sp³-hybridized carbons (Fsp3) is 0.222. The first-order valence-corrected chi connectivity index (χ1v) is 4.57. The molecule has 0 spiro atoms. The van der Waals surface area contributed by atoms with E-state index in [9.17, 15) is 0 Å². The zero-order chi connectivity index (χ0) is 8.72. The van der Waals surface area contributed by atoms with Gasteiger partial charge < -0.3 is 0 Å². The van der Waals surface area contributed by atoms with Crippen molar-refractivity contribution in [1.29, 1.82) is 0 Å². The van der Waals surface area contributed by atoms with Crippen molar-refractivity contribution < 1.29 is 0 Å². The maximum atomic E-state index is 4.38. The van der Waals surface area contributed by atoms with Crippen molar-refractivity contribution in [1.82, 2.24) is 9.78 Å². The van der Waals surface area contributed by atoms with Gasteiger partial charge in [0.1, 0.15) is 4.60 Å². The van der Waals surface area contributed by atoms with Crippen LogP contribution >= 0.6 is 15.9 Å². The Hall–Kier alpha value is -0.830. The largest absolute Gasteiger partial charge is 0.260 e. The summed E-state index contributed by atoms with van der Waals surface area (Å²) in [6.07, 6.45) is 0. The Morgan fingerprint density at radius 2 is 2.17 bits per heavy atom. The number of nitrogens with zero attached hydrogens (tertiary/aromatic N) is 2. The van der Waals surface area contributed by atoms with E-state index in [1.54, 1.807) is 0 Å². The SMILES string of the molecule is Cc1cccc2c(Br)n(C)nc12. The van der Waals surface area contributed by atoms with E-state index in [2.05, 4.69) is 40.1 Å². The molecule has 12 heavy (non-hydrogen) atoms. The van der Waals surface area contributed by atoms with Crippen molar-refractivity contribution >= 4 is 26.8 Å². The topological polar surface area (TPSA) is 17.8 Å². The minimum Gasteiger partial charge on any atom is -0.260 e. The predicted octanol–water partition coefficient (Wildman–Crippen LogP) is 2.64. The van der Waals surface area contributed by atoms with Gasteiger partial charge in [-0.1, -0.05) is 18.2 Å². The molecular formula is C9H9BrN2. The number of rotatable bonds is 0. The zero-order valence-corrected chi connectivity index (χ0v) is 8.59. The molecule has 0 fully saturated rings. The average Bonchev–Trinajstić information content (AvgIpc) is 2.32. The monoisotopic (exact) mass is 224 g/mol. The molecular weight excluding hydrogens is 216 g/mol. The molecule has 0 unspecified atom stereocenters. The van der Waals surface area contributed by atoms with Crippen LogP contribution in [0.1, 0.15) is 5.56 Å². The van der Waals surface area contributed by atoms with E-state index in [4.69, 9.17) is 0 Å². The third-order valence-electron chi connectivity index (χ3n) is 1.99. The van der Waals surface area contributed by atoms with Crippen molar-refractivity contribution in [2.45, 2.75) is 6.92 Å². The third-order valence-corrected chi connectivity index (χ3v) is 2.93. The molecule has 1 aromatic carbocycles. The zero-order valence-electron chi connectivity index (χ0n) is 7.00. The molecule has 0 aliphatic rings. The summed E-state index contributed by atoms with van der Waals surface area (Å²) in [5, 5.41) is 5.56. The van der Waals surface area contributed by atoms with Gasteiger partial charge in [-0.2, -0.15) is 5.10 Å². The van der Waals surface area contributed by atoms with Crippen LogP contribution in [0.5, 0.6) is 0 Å². The van der Waals surface area contributed by atoms with Crippen LogP contribution in [0.3, 0.4) is 0 Å². The Balaban J connectivity index is 2.95. The second-order valence-electron chi connectivity index (χ2n) is 2.89. The second kappa shape index (κ2) is 2.59. The van der Waals surface area contributed by atoms with Crippen LogP contribution in [0, 0.1) is 6.92 Å². The van der Waals surface area contributed by atoms with Crippen LogP contribution in [0.25, 0.3) is 10.9 Å². The van der Waals surface area contributed by atoms with Crippen LogP contribution in [0.4, 0.5) is 0 Å². The summed E-state index contributed by atoms with van der Waals surface area (Å²) in [6, 6.07) is 6.19. The van der Waals surface area contributed by atoms with Crippen LogP contribution in [0.15, 0.2) is 22.8 Å². The van der Waals surface area contributed by atoms with E-state index in [0.29, 0.717) is 0 Å².